The van der Waals surface area contributed by atoms with Crippen molar-refractivity contribution < 1.29 is 8.42 Å². The molecule has 19 heavy (non-hydrogen) atoms. The van der Waals surface area contributed by atoms with Gasteiger partial charge in [0.2, 0.25) is 10.0 Å². The predicted octanol–water partition coefficient (Wildman–Crippen LogP) is 2.25. The monoisotopic (exact) mass is 305 g/mol. The van der Waals surface area contributed by atoms with Gasteiger partial charge in [0, 0.05) is 11.4 Å². The van der Waals surface area contributed by atoms with E-state index in [-0.39, 0.29) is 4.90 Å². The molecule has 1 saturated carbocycles. The van der Waals surface area contributed by atoms with Gasteiger partial charge in [-0.1, -0.05) is 19.3 Å². The minimum absolute atomic E-state index is 0.252. The Kier molecular flexibility index (Phi) is 4.23. The molecule has 0 saturated heterocycles. The molecule has 7 heteroatoms. The van der Waals surface area contributed by atoms with Crippen LogP contribution in [-0.4, -0.2) is 30.0 Å². The van der Waals surface area contributed by atoms with E-state index < -0.39 is 15.6 Å². The molecule has 1 heterocycles. The van der Waals surface area contributed by atoms with Crippen molar-refractivity contribution in [2.24, 2.45) is 0 Å². The molecular formula is C12H20ClN3O2S. The maximum Gasteiger partial charge on any atom is 0.244 e. The standard InChI is InChI=1S/C12H20ClN3O2S/c1-9-11(10(2)15-14-9)19(17,18)16-12(8-13)6-4-3-5-7-12/h16H,3-8H2,1-2H3,(H,14,15). The maximum atomic E-state index is 12.5. The zero-order chi connectivity index (χ0) is 14.1. The second kappa shape index (κ2) is 5.42. The van der Waals surface area contributed by atoms with Gasteiger partial charge in [0.15, 0.2) is 0 Å². The first-order valence-electron chi connectivity index (χ1n) is 6.52. The topological polar surface area (TPSA) is 74.8 Å². The van der Waals surface area contributed by atoms with Gasteiger partial charge in [-0.05, 0) is 26.7 Å². The van der Waals surface area contributed by atoms with Crippen molar-refractivity contribution >= 4 is 21.6 Å². The predicted molar refractivity (Wildman–Crippen MR) is 74.9 cm³/mol. The highest BCUT2D eigenvalue weighted by Crippen LogP contribution is 2.31. The second-order valence-corrected chi connectivity index (χ2v) is 7.23. The quantitative estimate of drug-likeness (QED) is 0.838. The van der Waals surface area contributed by atoms with Crippen LogP contribution < -0.4 is 4.72 Å². The molecule has 0 spiro atoms. The third-order valence-corrected chi connectivity index (χ3v) is 6.10. The van der Waals surface area contributed by atoms with E-state index in [4.69, 9.17) is 11.6 Å². The number of nitrogens with one attached hydrogen (secondary N) is 2. The van der Waals surface area contributed by atoms with E-state index in [1.54, 1.807) is 13.8 Å². The molecule has 0 atom stereocenters. The van der Waals surface area contributed by atoms with E-state index >= 15 is 0 Å². The summed E-state index contributed by atoms with van der Waals surface area (Å²) in [5.74, 6) is 0.308. The van der Waals surface area contributed by atoms with Gasteiger partial charge in [-0.25, -0.2) is 13.1 Å². The summed E-state index contributed by atoms with van der Waals surface area (Å²) in [6.07, 6.45) is 4.76. The fourth-order valence-corrected chi connectivity index (χ4v) is 5.01. The average Bonchev–Trinajstić information content (AvgIpc) is 2.70. The Morgan fingerprint density at radius 3 is 2.42 bits per heavy atom. The van der Waals surface area contributed by atoms with Crippen molar-refractivity contribution in [1.29, 1.82) is 0 Å². The zero-order valence-electron chi connectivity index (χ0n) is 11.3. The number of rotatable bonds is 4. The Hall–Kier alpha value is -0.590. The van der Waals surface area contributed by atoms with Crippen molar-refractivity contribution in [2.45, 2.75) is 56.4 Å². The van der Waals surface area contributed by atoms with E-state index in [9.17, 15) is 8.42 Å². The molecule has 0 radical (unpaired) electrons. The minimum atomic E-state index is -3.58. The van der Waals surface area contributed by atoms with Crippen LogP contribution in [0, 0.1) is 13.8 Å². The van der Waals surface area contributed by atoms with Crippen molar-refractivity contribution in [3.8, 4) is 0 Å². The fourth-order valence-electron chi connectivity index (χ4n) is 2.76. The number of H-pyrrole nitrogens is 1. The molecule has 0 aliphatic heterocycles. The number of alkyl halides is 1. The van der Waals surface area contributed by atoms with Crippen molar-refractivity contribution in [2.75, 3.05) is 5.88 Å². The highest BCUT2D eigenvalue weighted by molar-refractivity contribution is 7.89. The van der Waals surface area contributed by atoms with Gasteiger partial charge >= 0.3 is 0 Å². The van der Waals surface area contributed by atoms with Crippen molar-refractivity contribution in [3.63, 3.8) is 0 Å². The third kappa shape index (κ3) is 2.95. The largest absolute Gasteiger partial charge is 0.281 e. The van der Waals surface area contributed by atoms with Gasteiger partial charge in [-0.15, -0.1) is 11.6 Å². The van der Waals surface area contributed by atoms with Gasteiger partial charge < -0.3 is 0 Å². The molecule has 1 aliphatic carbocycles. The maximum absolute atomic E-state index is 12.5. The SMILES string of the molecule is Cc1n[nH]c(C)c1S(=O)(=O)NC1(CCl)CCCCC1. The number of aryl methyl sites for hydroxylation is 2. The van der Waals surface area contributed by atoms with Crippen LogP contribution in [0.25, 0.3) is 0 Å². The van der Waals surface area contributed by atoms with Gasteiger partial charge in [0.1, 0.15) is 4.90 Å². The number of nitrogens with zero attached hydrogens (tertiary/aromatic N) is 1. The summed E-state index contributed by atoms with van der Waals surface area (Å²) in [6.45, 7) is 3.40. The highest BCUT2D eigenvalue weighted by Gasteiger charge is 2.37. The summed E-state index contributed by atoms with van der Waals surface area (Å²) >= 11 is 6.03. The average molecular weight is 306 g/mol. The van der Waals surface area contributed by atoms with Gasteiger partial charge in [-0.2, -0.15) is 5.10 Å². The summed E-state index contributed by atoms with van der Waals surface area (Å²) in [5.41, 5.74) is 0.547. The zero-order valence-corrected chi connectivity index (χ0v) is 12.9. The Morgan fingerprint density at radius 2 is 1.95 bits per heavy atom. The molecule has 0 unspecified atom stereocenters. The molecule has 1 fully saturated rings. The molecule has 5 nitrogen and oxygen atoms in total. The lowest BCUT2D eigenvalue weighted by molar-refractivity contribution is 0.298. The lowest BCUT2D eigenvalue weighted by Crippen LogP contribution is -2.51. The molecule has 1 aromatic heterocycles. The number of aromatic nitrogens is 2. The van der Waals surface area contributed by atoms with Crippen LogP contribution in [0.2, 0.25) is 0 Å². The Balaban J connectivity index is 2.30. The third-order valence-electron chi connectivity index (χ3n) is 3.75. The molecule has 0 aromatic carbocycles. The molecule has 108 valence electrons. The first-order chi connectivity index (χ1) is 8.90. The van der Waals surface area contributed by atoms with Crippen LogP contribution in [0.5, 0.6) is 0 Å². The van der Waals surface area contributed by atoms with Crippen LogP contribution in [0.3, 0.4) is 0 Å². The summed E-state index contributed by atoms with van der Waals surface area (Å²) in [5, 5.41) is 6.66. The molecular weight excluding hydrogens is 286 g/mol. The minimum Gasteiger partial charge on any atom is -0.281 e. The van der Waals surface area contributed by atoms with Gasteiger partial charge in [0.25, 0.3) is 0 Å². The lowest BCUT2D eigenvalue weighted by atomic mass is 9.84. The number of sulfonamides is 1. The van der Waals surface area contributed by atoms with E-state index in [2.05, 4.69) is 14.9 Å². The number of hydrogen-bond donors (Lipinski definition) is 2. The Labute approximate surface area is 119 Å². The van der Waals surface area contributed by atoms with Crippen LogP contribution >= 0.6 is 11.6 Å². The molecule has 1 aromatic rings. The summed E-state index contributed by atoms with van der Waals surface area (Å²) < 4.78 is 27.9. The molecule has 0 bridgehead atoms. The van der Waals surface area contributed by atoms with Gasteiger partial charge in [-0.3, -0.25) is 5.10 Å². The fraction of sp³-hybridized carbons (Fsp3) is 0.750. The molecule has 0 amide bonds. The van der Waals surface area contributed by atoms with E-state index in [0.717, 1.165) is 32.1 Å². The van der Waals surface area contributed by atoms with Crippen LogP contribution in [0.1, 0.15) is 43.5 Å². The van der Waals surface area contributed by atoms with Crippen LogP contribution in [0.15, 0.2) is 4.90 Å². The van der Waals surface area contributed by atoms with Crippen molar-refractivity contribution in [3.05, 3.63) is 11.4 Å². The smallest absolute Gasteiger partial charge is 0.244 e. The number of aromatic amines is 1. The van der Waals surface area contributed by atoms with E-state index in [0.29, 0.717) is 17.3 Å². The van der Waals surface area contributed by atoms with Crippen LogP contribution in [-0.2, 0) is 10.0 Å². The summed E-state index contributed by atoms with van der Waals surface area (Å²) in [7, 11) is -3.58. The Morgan fingerprint density at radius 1 is 1.32 bits per heavy atom. The molecule has 2 rings (SSSR count). The summed E-state index contributed by atoms with van der Waals surface area (Å²) in [6, 6.07) is 0. The summed E-state index contributed by atoms with van der Waals surface area (Å²) in [4.78, 5) is 0.252. The first-order valence-corrected chi connectivity index (χ1v) is 8.53. The highest BCUT2D eigenvalue weighted by atomic mass is 35.5. The normalized spacial score (nSPS) is 19.5. The second-order valence-electron chi connectivity index (χ2n) is 5.34. The molecule has 2 N–H and O–H groups in total. The van der Waals surface area contributed by atoms with Crippen molar-refractivity contribution in [1.82, 2.24) is 14.9 Å². The number of hydrogen-bond acceptors (Lipinski definition) is 3. The molecule has 1 aliphatic rings. The first kappa shape index (κ1) is 14.8. The Bertz CT molecular complexity index is 528. The van der Waals surface area contributed by atoms with E-state index in [1.165, 1.54) is 0 Å². The number of halogens is 1. The van der Waals surface area contributed by atoms with Gasteiger partial charge in [0.05, 0.1) is 11.4 Å². The van der Waals surface area contributed by atoms with Crippen LogP contribution in [0.4, 0.5) is 0 Å². The lowest BCUT2D eigenvalue weighted by Gasteiger charge is -2.36. The van der Waals surface area contributed by atoms with E-state index in [1.807, 2.05) is 0 Å².